The number of nitrogens with one attached hydrogen (secondary N) is 1. The summed E-state index contributed by atoms with van der Waals surface area (Å²) in [6.07, 6.45) is 2.02. The van der Waals surface area contributed by atoms with Gasteiger partial charge in [0.05, 0.1) is 13.7 Å². The summed E-state index contributed by atoms with van der Waals surface area (Å²) in [5.41, 5.74) is 2.24. The van der Waals surface area contributed by atoms with Crippen molar-refractivity contribution in [2.75, 3.05) is 31.7 Å². The summed E-state index contributed by atoms with van der Waals surface area (Å²) in [6, 6.07) is 15.4. The van der Waals surface area contributed by atoms with E-state index in [4.69, 9.17) is 9.47 Å². The van der Waals surface area contributed by atoms with Gasteiger partial charge < -0.3 is 14.8 Å². The zero-order valence-electron chi connectivity index (χ0n) is 13.8. The average molecular weight is 326 g/mol. The summed E-state index contributed by atoms with van der Waals surface area (Å²) >= 11 is 0. The van der Waals surface area contributed by atoms with Crippen molar-refractivity contribution in [2.24, 2.45) is 0 Å². The molecule has 0 fully saturated rings. The summed E-state index contributed by atoms with van der Waals surface area (Å²) in [4.78, 5) is 14.2. The average Bonchev–Trinajstić information content (AvgIpc) is 2.64. The SMILES string of the molecule is COc1cccc(OCCNC(=O)N2CCCc3ccccc32)c1. The number of para-hydroxylation sites is 1. The highest BCUT2D eigenvalue weighted by Gasteiger charge is 2.21. The molecule has 2 amide bonds. The van der Waals surface area contributed by atoms with Crippen LogP contribution in [0.5, 0.6) is 11.5 Å². The molecule has 0 aliphatic carbocycles. The number of rotatable bonds is 5. The molecule has 1 aliphatic heterocycles. The maximum Gasteiger partial charge on any atom is 0.321 e. The Kier molecular flexibility index (Phi) is 5.21. The molecule has 0 unspecified atom stereocenters. The lowest BCUT2D eigenvalue weighted by atomic mass is 10.0. The van der Waals surface area contributed by atoms with Gasteiger partial charge in [-0.2, -0.15) is 0 Å². The largest absolute Gasteiger partial charge is 0.497 e. The van der Waals surface area contributed by atoms with Gasteiger partial charge in [-0.15, -0.1) is 0 Å². The van der Waals surface area contributed by atoms with Crippen molar-refractivity contribution in [3.8, 4) is 11.5 Å². The molecular weight excluding hydrogens is 304 g/mol. The van der Waals surface area contributed by atoms with Crippen LogP contribution in [0.25, 0.3) is 0 Å². The number of amides is 2. The van der Waals surface area contributed by atoms with Crippen LogP contribution in [-0.4, -0.2) is 32.8 Å². The van der Waals surface area contributed by atoms with Gasteiger partial charge in [-0.1, -0.05) is 24.3 Å². The highest BCUT2D eigenvalue weighted by molar-refractivity contribution is 5.93. The van der Waals surface area contributed by atoms with Crippen LogP contribution in [0.4, 0.5) is 10.5 Å². The van der Waals surface area contributed by atoms with Crippen LogP contribution in [-0.2, 0) is 6.42 Å². The van der Waals surface area contributed by atoms with Crippen molar-refractivity contribution in [3.63, 3.8) is 0 Å². The number of anilines is 1. The molecule has 0 aromatic heterocycles. The quantitative estimate of drug-likeness (QED) is 0.858. The minimum atomic E-state index is -0.0728. The second-order valence-electron chi connectivity index (χ2n) is 5.64. The molecule has 24 heavy (non-hydrogen) atoms. The molecule has 0 atom stereocenters. The molecule has 1 N–H and O–H groups in total. The maximum absolute atomic E-state index is 12.4. The first-order valence-electron chi connectivity index (χ1n) is 8.18. The second kappa shape index (κ2) is 7.73. The van der Waals surface area contributed by atoms with E-state index in [-0.39, 0.29) is 6.03 Å². The van der Waals surface area contributed by atoms with Crippen molar-refractivity contribution < 1.29 is 14.3 Å². The van der Waals surface area contributed by atoms with Crippen molar-refractivity contribution >= 4 is 11.7 Å². The monoisotopic (exact) mass is 326 g/mol. The Morgan fingerprint density at radius 3 is 2.88 bits per heavy atom. The van der Waals surface area contributed by atoms with Gasteiger partial charge in [-0.3, -0.25) is 4.90 Å². The molecule has 1 aliphatic rings. The third-order valence-corrected chi connectivity index (χ3v) is 4.04. The first kappa shape index (κ1) is 16.2. The topological polar surface area (TPSA) is 50.8 Å². The Morgan fingerprint density at radius 2 is 2.00 bits per heavy atom. The van der Waals surface area contributed by atoms with E-state index < -0.39 is 0 Å². The Labute approximate surface area is 142 Å². The molecule has 0 saturated carbocycles. The van der Waals surface area contributed by atoms with Crippen molar-refractivity contribution in [1.82, 2.24) is 5.32 Å². The molecular formula is C19H22N2O3. The molecule has 0 radical (unpaired) electrons. The lowest BCUT2D eigenvalue weighted by Gasteiger charge is -2.29. The fourth-order valence-electron chi connectivity index (χ4n) is 2.86. The molecule has 5 nitrogen and oxygen atoms in total. The summed E-state index contributed by atoms with van der Waals surface area (Å²) < 4.78 is 10.8. The van der Waals surface area contributed by atoms with Gasteiger partial charge in [0.2, 0.25) is 0 Å². The molecule has 0 spiro atoms. The summed E-state index contributed by atoms with van der Waals surface area (Å²) in [5.74, 6) is 1.48. The van der Waals surface area contributed by atoms with E-state index in [2.05, 4.69) is 11.4 Å². The third kappa shape index (κ3) is 3.79. The first-order chi connectivity index (χ1) is 11.8. The standard InChI is InChI=1S/C19H22N2O3/c1-23-16-8-4-9-17(14-16)24-13-11-20-19(22)21-12-5-7-15-6-2-3-10-18(15)21/h2-4,6,8-10,14H,5,7,11-13H2,1H3,(H,20,22). The molecule has 0 bridgehead atoms. The fourth-order valence-corrected chi connectivity index (χ4v) is 2.86. The van der Waals surface area contributed by atoms with Crippen molar-refractivity contribution in [1.29, 1.82) is 0 Å². The predicted octanol–water partition coefficient (Wildman–Crippen LogP) is 3.24. The number of urea groups is 1. The smallest absolute Gasteiger partial charge is 0.321 e. The van der Waals surface area contributed by atoms with Gasteiger partial charge in [-0.25, -0.2) is 4.79 Å². The number of nitrogens with zero attached hydrogens (tertiary/aromatic N) is 1. The zero-order valence-corrected chi connectivity index (χ0v) is 13.8. The third-order valence-electron chi connectivity index (χ3n) is 4.04. The Bertz CT molecular complexity index is 703. The summed E-state index contributed by atoms with van der Waals surface area (Å²) in [5, 5.41) is 2.92. The number of hydrogen-bond donors (Lipinski definition) is 1. The van der Waals surface area contributed by atoms with Crippen LogP contribution < -0.4 is 19.7 Å². The molecule has 2 aromatic rings. The van der Waals surface area contributed by atoms with E-state index in [9.17, 15) is 4.79 Å². The van der Waals surface area contributed by atoms with E-state index >= 15 is 0 Å². The number of hydrogen-bond acceptors (Lipinski definition) is 3. The van der Waals surface area contributed by atoms with E-state index in [0.29, 0.717) is 13.2 Å². The molecule has 5 heteroatoms. The fraction of sp³-hybridized carbons (Fsp3) is 0.316. The lowest BCUT2D eigenvalue weighted by Crippen LogP contribution is -2.44. The first-order valence-corrected chi connectivity index (χ1v) is 8.18. The van der Waals surface area contributed by atoms with Gasteiger partial charge in [-0.05, 0) is 36.6 Å². The summed E-state index contributed by atoms with van der Waals surface area (Å²) in [7, 11) is 1.62. The van der Waals surface area contributed by atoms with E-state index in [1.165, 1.54) is 5.56 Å². The number of methoxy groups -OCH3 is 1. The number of benzene rings is 2. The van der Waals surface area contributed by atoms with Gasteiger partial charge >= 0.3 is 6.03 Å². The molecule has 1 heterocycles. The van der Waals surface area contributed by atoms with Crippen molar-refractivity contribution in [3.05, 3.63) is 54.1 Å². The minimum Gasteiger partial charge on any atom is -0.497 e. The number of fused-ring (bicyclic) bond motifs is 1. The Morgan fingerprint density at radius 1 is 1.17 bits per heavy atom. The molecule has 126 valence electrons. The van der Waals surface area contributed by atoms with Gasteiger partial charge in [0.15, 0.2) is 0 Å². The van der Waals surface area contributed by atoms with Crippen LogP contribution in [0.3, 0.4) is 0 Å². The minimum absolute atomic E-state index is 0.0728. The van der Waals surface area contributed by atoms with Gasteiger partial charge in [0.1, 0.15) is 18.1 Å². The van der Waals surface area contributed by atoms with E-state index in [0.717, 1.165) is 36.6 Å². The second-order valence-corrected chi connectivity index (χ2v) is 5.64. The molecule has 0 saturated heterocycles. The Hall–Kier alpha value is -2.69. The molecule has 2 aromatic carbocycles. The lowest BCUT2D eigenvalue weighted by molar-refractivity contribution is 0.241. The molecule has 3 rings (SSSR count). The van der Waals surface area contributed by atoms with Crippen LogP contribution in [0.1, 0.15) is 12.0 Å². The van der Waals surface area contributed by atoms with Crippen molar-refractivity contribution in [2.45, 2.75) is 12.8 Å². The van der Waals surface area contributed by atoms with Crippen LogP contribution in [0, 0.1) is 0 Å². The van der Waals surface area contributed by atoms with E-state index in [1.807, 2.05) is 47.4 Å². The van der Waals surface area contributed by atoms with E-state index in [1.54, 1.807) is 7.11 Å². The highest BCUT2D eigenvalue weighted by atomic mass is 16.5. The number of ether oxygens (including phenoxy) is 2. The van der Waals surface area contributed by atoms with Crippen LogP contribution in [0.2, 0.25) is 0 Å². The number of carbonyl (C=O) groups excluding carboxylic acids is 1. The Balaban J connectivity index is 1.50. The van der Waals surface area contributed by atoms with Gasteiger partial charge in [0.25, 0.3) is 0 Å². The maximum atomic E-state index is 12.4. The highest BCUT2D eigenvalue weighted by Crippen LogP contribution is 2.26. The zero-order chi connectivity index (χ0) is 16.8. The number of carbonyl (C=O) groups is 1. The van der Waals surface area contributed by atoms with Crippen LogP contribution >= 0.6 is 0 Å². The normalized spacial score (nSPS) is 13.1. The predicted molar refractivity (Wildman–Crippen MR) is 94.0 cm³/mol. The number of aryl methyl sites for hydroxylation is 1. The van der Waals surface area contributed by atoms with Crippen LogP contribution in [0.15, 0.2) is 48.5 Å². The van der Waals surface area contributed by atoms with Gasteiger partial charge in [0, 0.05) is 18.3 Å². The summed E-state index contributed by atoms with van der Waals surface area (Å²) in [6.45, 7) is 1.61.